The van der Waals surface area contributed by atoms with Gasteiger partial charge >= 0.3 is 0 Å². The summed E-state index contributed by atoms with van der Waals surface area (Å²) >= 11 is 6.01. The predicted molar refractivity (Wildman–Crippen MR) is 77.5 cm³/mol. The van der Waals surface area contributed by atoms with Crippen LogP contribution in [-0.4, -0.2) is 34.5 Å². The van der Waals surface area contributed by atoms with E-state index in [0.29, 0.717) is 17.3 Å². The summed E-state index contributed by atoms with van der Waals surface area (Å²) in [6.07, 6.45) is 6.02. The molecule has 1 aromatic rings. The fraction of sp³-hybridized carbons (Fsp3) is 0.643. The summed E-state index contributed by atoms with van der Waals surface area (Å²) in [7, 11) is 0. The second kappa shape index (κ2) is 6.44. The predicted octanol–water partition coefficient (Wildman–Crippen LogP) is 2.50. The van der Waals surface area contributed by atoms with Crippen LogP contribution in [0.15, 0.2) is 12.3 Å². The van der Waals surface area contributed by atoms with Crippen molar-refractivity contribution in [3.05, 3.63) is 23.0 Å². The lowest BCUT2D eigenvalue weighted by molar-refractivity contribution is 0.0594. The largest absolute Gasteiger partial charge is 0.342 e. The molecule has 0 aromatic carbocycles. The summed E-state index contributed by atoms with van der Waals surface area (Å²) < 4.78 is 1.92. The number of rotatable bonds is 4. The average molecular weight is 284 g/mol. The second-order valence-corrected chi connectivity index (χ2v) is 5.49. The minimum Gasteiger partial charge on any atom is -0.342 e. The van der Waals surface area contributed by atoms with E-state index in [2.05, 4.69) is 0 Å². The zero-order valence-electron chi connectivity index (χ0n) is 11.4. The highest BCUT2D eigenvalue weighted by atomic mass is 35.5. The Labute approximate surface area is 119 Å². The van der Waals surface area contributed by atoms with Crippen molar-refractivity contribution < 1.29 is 4.79 Å². The number of aryl methyl sites for hydroxylation is 1. The zero-order chi connectivity index (χ0) is 13.8. The van der Waals surface area contributed by atoms with Gasteiger partial charge in [0.05, 0.1) is 5.02 Å². The molecule has 0 radical (unpaired) electrons. The van der Waals surface area contributed by atoms with E-state index in [-0.39, 0.29) is 11.9 Å². The Bertz CT molecular complexity index is 442. The Morgan fingerprint density at radius 3 is 3.00 bits per heavy atom. The first-order valence-electron chi connectivity index (χ1n) is 7.04. The molecule has 1 amide bonds. The molecule has 2 heterocycles. The molecule has 1 aliphatic rings. The van der Waals surface area contributed by atoms with Crippen molar-refractivity contribution in [1.82, 2.24) is 9.47 Å². The Kier molecular flexibility index (Phi) is 4.88. The molecule has 1 fully saturated rings. The Morgan fingerprint density at radius 2 is 2.32 bits per heavy atom. The smallest absolute Gasteiger partial charge is 0.270 e. The average Bonchev–Trinajstić information content (AvgIpc) is 2.80. The van der Waals surface area contributed by atoms with Gasteiger partial charge in [-0.15, -0.1) is 0 Å². The highest BCUT2D eigenvalue weighted by molar-refractivity contribution is 6.31. The first-order chi connectivity index (χ1) is 9.17. The molecule has 0 aliphatic carbocycles. The normalized spacial score (nSPS) is 19.7. The number of amides is 1. The maximum absolute atomic E-state index is 12.7. The molecule has 19 heavy (non-hydrogen) atoms. The third kappa shape index (κ3) is 3.12. The number of carbonyl (C=O) groups excluding carboxylic acids is 1. The molecule has 1 aliphatic heterocycles. The quantitative estimate of drug-likeness (QED) is 0.923. The lowest BCUT2D eigenvalue weighted by Gasteiger charge is -2.35. The summed E-state index contributed by atoms with van der Waals surface area (Å²) in [4.78, 5) is 14.7. The van der Waals surface area contributed by atoms with Crippen LogP contribution < -0.4 is 5.73 Å². The van der Waals surface area contributed by atoms with E-state index in [0.717, 1.165) is 32.4 Å². The maximum atomic E-state index is 12.7. The van der Waals surface area contributed by atoms with Crippen LogP contribution in [0, 0.1) is 0 Å². The van der Waals surface area contributed by atoms with Gasteiger partial charge in [-0.1, -0.05) is 11.6 Å². The first kappa shape index (κ1) is 14.4. The number of aromatic nitrogens is 1. The summed E-state index contributed by atoms with van der Waals surface area (Å²) in [6.45, 7) is 4.23. The molecule has 1 unspecified atom stereocenters. The number of nitrogens with zero attached hydrogens (tertiary/aromatic N) is 2. The molecule has 1 aromatic heterocycles. The SMILES string of the molecule is CCn1cc(Cl)cc1C(=O)N1CCCCC1CCN. The van der Waals surface area contributed by atoms with Crippen LogP contribution in [0.25, 0.3) is 0 Å². The lowest BCUT2D eigenvalue weighted by Crippen LogP contribution is -2.45. The van der Waals surface area contributed by atoms with Crippen molar-refractivity contribution in [3.8, 4) is 0 Å². The van der Waals surface area contributed by atoms with E-state index in [9.17, 15) is 4.79 Å². The van der Waals surface area contributed by atoms with Crippen molar-refractivity contribution in [2.24, 2.45) is 5.73 Å². The third-order valence-corrected chi connectivity index (χ3v) is 4.02. The monoisotopic (exact) mass is 283 g/mol. The van der Waals surface area contributed by atoms with Crippen molar-refractivity contribution in [2.45, 2.75) is 45.2 Å². The van der Waals surface area contributed by atoms with Gasteiger partial charge in [-0.3, -0.25) is 4.79 Å². The Morgan fingerprint density at radius 1 is 1.53 bits per heavy atom. The van der Waals surface area contributed by atoms with Gasteiger partial charge in [-0.05, 0) is 45.2 Å². The van der Waals surface area contributed by atoms with Crippen LogP contribution in [-0.2, 0) is 6.54 Å². The van der Waals surface area contributed by atoms with E-state index in [1.54, 1.807) is 6.07 Å². The minimum absolute atomic E-state index is 0.0897. The Balaban J connectivity index is 2.20. The van der Waals surface area contributed by atoms with Crippen LogP contribution in [0.1, 0.15) is 43.1 Å². The number of nitrogens with two attached hydrogens (primary N) is 1. The van der Waals surface area contributed by atoms with Gasteiger partial charge in [0.15, 0.2) is 0 Å². The minimum atomic E-state index is 0.0897. The van der Waals surface area contributed by atoms with Crippen molar-refractivity contribution in [2.75, 3.05) is 13.1 Å². The molecule has 2 N–H and O–H groups in total. The summed E-state index contributed by atoms with van der Waals surface area (Å²) in [6, 6.07) is 2.05. The van der Waals surface area contributed by atoms with Gasteiger partial charge in [0, 0.05) is 25.3 Å². The summed E-state index contributed by atoms with van der Waals surface area (Å²) in [5.74, 6) is 0.0897. The van der Waals surface area contributed by atoms with Crippen LogP contribution in [0.5, 0.6) is 0 Å². The van der Waals surface area contributed by atoms with Gasteiger partial charge < -0.3 is 15.2 Å². The van der Waals surface area contributed by atoms with Crippen LogP contribution in [0.3, 0.4) is 0 Å². The fourth-order valence-corrected chi connectivity index (χ4v) is 3.04. The van der Waals surface area contributed by atoms with E-state index in [4.69, 9.17) is 17.3 Å². The number of hydrogen-bond acceptors (Lipinski definition) is 2. The standard InChI is InChI=1S/C14H22ClN3O/c1-2-17-10-11(15)9-13(17)14(19)18-8-4-3-5-12(18)6-7-16/h9-10,12H,2-8,16H2,1H3. The number of likely N-dealkylation sites (tertiary alicyclic amines) is 1. The van der Waals surface area contributed by atoms with Gasteiger partial charge in [0.2, 0.25) is 0 Å². The number of hydrogen-bond donors (Lipinski definition) is 1. The zero-order valence-corrected chi connectivity index (χ0v) is 12.2. The molecule has 0 spiro atoms. The van der Waals surface area contributed by atoms with Gasteiger partial charge in [-0.2, -0.15) is 0 Å². The highest BCUT2D eigenvalue weighted by Gasteiger charge is 2.28. The molecule has 4 nitrogen and oxygen atoms in total. The lowest BCUT2D eigenvalue weighted by atomic mass is 9.99. The van der Waals surface area contributed by atoms with Crippen LogP contribution in [0.2, 0.25) is 5.02 Å². The molecular formula is C14H22ClN3O. The van der Waals surface area contributed by atoms with Gasteiger partial charge in [0.25, 0.3) is 5.91 Å². The molecule has 1 saturated heterocycles. The van der Waals surface area contributed by atoms with E-state index in [1.165, 1.54) is 6.42 Å². The fourth-order valence-electron chi connectivity index (χ4n) is 2.82. The molecule has 0 bridgehead atoms. The van der Waals surface area contributed by atoms with Crippen molar-refractivity contribution in [3.63, 3.8) is 0 Å². The number of piperidine rings is 1. The Hall–Kier alpha value is -1.00. The highest BCUT2D eigenvalue weighted by Crippen LogP contribution is 2.23. The summed E-state index contributed by atoms with van der Waals surface area (Å²) in [5, 5.41) is 0.623. The first-order valence-corrected chi connectivity index (χ1v) is 7.42. The number of carbonyl (C=O) groups is 1. The molecule has 1 atom stereocenters. The molecule has 0 saturated carbocycles. The van der Waals surface area contributed by atoms with E-state index < -0.39 is 0 Å². The summed E-state index contributed by atoms with van der Waals surface area (Å²) in [5.41, 5.74) is 6.35. The van der Waals surface area contributed by atoms with Gasteiger partial charge in [0.1, 0.15) is 5.69 Å². The molecule has 5 heteroatoms. The molecule has 2 rings (SSSR count). The van der Waals surface area contributed by atoms with Crippen molar-refractivity contribution in [1.29, 1.82) is 0 Å². The van der Waals surface area contributed by atoms with Crippen LogP contribution >= 0.6 is 11.6 Å². The maximum Gasteiger partial charge on any atom is 0.270 e. The van der Waals surface area contributed by atoms with Crippen molar-refractivity contribution >= 4 is 17.5 Å². The molecule has 106 valence electrons. The third-order valence-electron chi connectivity index (χ3n) is 3.81. The van der Waals surface area contributed by atoms with Gasteiger partial charge in [-0.25, -0.2) is 0 Å². The van der Waals surface area contributed by atoms with E-state index >= 15 is 0 Å². The number of halogens is 1. The van der Waals surface area contributed by atoms with Crippen LogP contribution in [0.4, 0.5) is 0 Å². The topological polar surface area (TPSA) is 51.3 Å². The molecular weight excluding hydrogens is 262 g/mol. The van der Waals surface area contributed by atoms with E-state index in [1.807, 2.05) is 22.6 Å². The second-order valence-electron chi connectivity index (χ2n) is 5.06.